The summed E-state index contributed by atoms with van der Waals surface area (Å²) in [6.45, 7) is 11.9. The number of Topliss-reactive ketones (excluding diaryl/α,β-unsaturated/α-hetero) is 1. The van der Waals surface area contributed by atoms with E-state index >= 15 is 0 Å². The second kappa shape index (κ2) is 13.3. The Balaban J connectivity index is 1.85. The van der Waals surface area contributed by atoms with Gasteiger partial charge in [-0.05, 0) is 123 Å². The maximum Gasteiger partial charge on any atom is 0.305 e. The molecule has 8 bridgehead atoms. The number of aromatic nitrogens is 4. The zero-order valence-electron chi connectivity index (χ0n) is 27.9. The molecule has 3 aromatic rings. The number of rotatable bonds is 9. The number of nitrogens with one attached hydrogen (secondary N) is 2. The number of hydrogen-bond donors (Lipinski definition) is 2. The van der Waals surface area contributed by atoms with E-state index in [-0.39, 0.29) is 36.5 Å². The van der Waals surface area contributed by atoms with Crippen LogP contribution in [-0.4, -0.2) is 51.9 Å². The van der Waals surface area contributed by atoms with E-state index < -0.39 is 0 Å². The third-order valence-electron chi connectivity index (χ3n) is 9.05. The summed E-state index contributed by atoms with van der Waals surface area (Å²) in [6, 6.07) is 10.2. The summed E-state index contributed by atoms with van der Waals surface area (Å²) < 4.78 is 9.88. The number of ketones is 1. The predicted molar refractivity (Wildman–Crippen MR) is 182 cm³/mol. The predicted octanol–water partition coefficient (Wildman–Crippen LogP) is 7.78. The Hall–Kier alpha value is -4.79. The minimum absolute atomic E-state index is 0.0106. The largest absolute Gasteiger partial charge is 0.469 e. The molecular weight excluding hydrogens is 580 g/mol. The Bertz CT molecular complexity index is 1970. The number of methoxy groups -OCH3 is 2. The Morgan fingerprint density at radius 1 is 0.717 bits per heavy atom. The number of allylic oxidation sites excluding steroid dienone is 4. The number of carbonyl (C=O) groups excluding carboxylic acids is 3. The van der Waals surface area contributed by atoms with Crippen molar-refractivity contribution in [3.8, 4) is 0 Å². The van der Waals surface area contributed by atoms with Gasteiger partial charge in [0.05, 0.1) is 37.0 Å². The number of ether oxygens (including phenoxy) is 2. The van der Waals surface area contributed by atoms with E-state index in [2.05, 4.69) is 42.9 Å². The van der Waals surface area contributed by atoms with Crippen LogP contribution in [0.25, 0.3) is 44.4 Å². The van der Waals surface area contributed by atoms with Gasteiger partial charge in [0.2, 0.25) is 0 Å². The standard InChI is InChI=1S/C37H42N4O5/c1-19-14-25-15-29-22(4)26(9-11-35(43)45-7)32(39-29)18-33-27(10-12-36(44)46-8)23(5)30(40-33)17-31-24(6)37(20(2)13-21(3)42)34(41-31)16-28(19)38-25/h14-18,20,38,41H,9-13H2,1-8H3. The first-order chi connectivity index (χ1) is 21.9. The first-order valence-corrected chi connectivity index (χ1v) is 15.7. The number of aryl methyl sites for hydroxylation is 2. The second-order valence-corrected chi connectivity index (χ2v) is 12.3. The number of carbonyl (C=O) groups is 3. The van der Waals surface area contributed by atoms with Crippen molar-refractivity contribution in [1.29, 1.82) is 0 Å². The first kappa shape index (κ1) is 32.6. The van der Waals surface area contributed by atoms with Gasteiger partial charge in [0.15, 0.2) is 0 Å². The smallest absolute Gasteiger partial charge is 0.305 e. The average Bonchev–Trinajstić information content (AvgIpc) is 3.69. The van der Waals surface area contributed by atoms with E-state index in [9.17, 15) is 14.4 Å². The fourth-order valence-corrected chi connectivity index (χ4v) is 6.53. The van der Waals surface area contributed by atoms with Gasteiger partial charge < -0.3 is 24.2 Å². The van der Waals surface area contributed by atoms with Gasteiger partial charge in [0.1, 0.15) is 5.78 Å². The molecule has 0 radical (unpaired) electrons. The fraction of sp³-hybridized carbons (Fsp3) is 0.378. The van der Waals surface area contributed by atoms with E-state index in [0.29, 0.717) is 19.3 Å². The van der Waals surface area contributed by atoms with E-state index in [1.807, 2.05) is 32.0 Å². The Morgan fingerprint density at radius 3 is 1.83 bits per heavy atom. The van der Waals surface area contributed by atoms with Gasteiger partial charge in [-0.1, -0.05) is 6.92 Å². The van der Waals surface area contributed by atoms with Gasteiger partial charge >= 0.3 is 11.9 Å². The van der Waals surface area contributed by atoms with E-state index in [1.54, 1.807) is 6.92 Å². The van der Waals surface area contributed by atoms with Crippen molar-refractivity contribution in [2.24, 2.45) is 0 Å². The lowest BCUT2D eigenvalue weighted by Gasteiger charge is -2.10. The Morgan fingerprint density at radius 2 is 1.28 bits per heavy atom. The molecule has 2 aliphatic heterocycles. The number of nitrogens with zero attached hydrogens (tertiary/aromatic N) is 2. The number of esters is 2. The molecule has 5 rings (SSSR count). The Kier molecular flexibility index (Phi) is 9.42. The SMILES string of the molecule is COC(=O)CCC1=C(C)c2cc3cc(C)c(cc4[nH]c(cc5nc(cc1n2)C(CCC(=O)OC)=C5C)c(C)c4C(C)CC(C)=O)[nH]3. The summed E-state index contributed by atoms with van der Waals surface area (Å²) in [5, 5.41) is 0. The van der Waals surface area contributed by atoms with Crippen molar-refractivity contribution < 1.29 is 23.9 Å². The topological polar surface area (TPSA) is 127 Å². The molecule has 0 amide bonds. The van der Waals surface area contributed by atoms with Crippen LogP contribution in [-0.2, 0) is 23.9 Å². The van der Waals surface area contributed by atoms with Crippen LogP contribution in [0.1, 0.15) is 105 Å². The molecule has 1 unspecified atom stereocenters. The van der Waals surface area contributed by atoms with Gasteiger partial charge in [0.25, 0.3) is 0 Å². The zero-order chi connectivity index (χ0) is 33.3. The molecule has 46 heavy (non-hydrogen) atoms. The molecule has 2 aliphatic rings. The molecule has 9 nitrogen and oxygen atoms in total. The van der Waals surface area contributed by atoms with E-state index in [4.69, 9.17) is 19.4 Å². The molecule has 240 valence electrons. The van der Waals surface area contributed by atoms with Gasteiger partial charge in [-0.15, -0.1) is 0 Å². The summed E-state index contributed by atoms with van der Waals surface area (Å²) in [7, 11) is 2.78. The number of H-pyrrole nitrogens is 2. The van der Waals surface area contributed by atoms with Crippen LogP contribution in [0.5, 0.6) is 0 Å². The maximum atomic E-state index is 12.2. The van der Waals surface area contributed by atoms with Crippen LogP contribution < -0.4 is 0 Å². The summed E-state index contributed by atoms with van der Waals surface area (Å²) in [4.78, 5) is 53.8. The average molecular weight is 623 g/mol. The molecule has 0 aliphatic carbocycles. The highest BCUT2D eigenvalue weighted by atomic mass is 16.5. The second-order valence-electron chi connectivity index (χ2n) is 12.3. The molecule has 0 aromatic carbocycles. The highest BCUT2D eigenvalue weighted by Crippen LogP contribution is 2.38. The lowest BCUT2D eigenvalue weighted by molar-refractivity contribution is -0.141. The summed E-state index contributed by atoms with van der Waals surface area (Å²) >= 11 is 0. The third-order valence-corrected chi connectivity index (χ3v) is 9.05. The van der Waals surface area contributed by atoms with Crippen LogP contribution in [0.4, 0.5) is 0 Å². The highest BCUT2D eigenvalue weighted by Gasteiger charge is 2.23. The zero-order valence-corrected chi connectivity index (χ0v) is 27.9. The van der Waals surface area contributed by atoms with Crippen LogP contribution in [0.2, 0.25) is 0 Å². The minimum atomic E-state index is -0.293. The van der Waals surface area contributed by atoms with E-state index in [0.717, 1.165) is 83.8 Å². The monoisotopic (exact) mass is 622 g/mol. The van der Waals surface area contributed by atoms with Crippen molar-refractivity contribution in [3.05, 3.63) is 69.8 Å². The highest BCUT2D eigenvalue weighted by molar-refractivity contribution is 5.96. The maximum absolute atomic E-state index is 12.2. The number of aromatic amines is 2. The van der Waals surface area contributed by atoms with Crippen LogP contribution >= 0.6 is 0 Å². The molecule has 2 N–H and O–H groups in total. The van der Waals surface area contributed by atoms with Crippen molar-refractivity contribution >= 4 is 62.1 Å². The van der Waals surface area contributed by atoms with Crippen LogP contribution in [0, 0.1) is 13.8 Å². The van der Waals surface area contributed by atoms with Crippen molar-refractivity contribution in [2.45, 2.75) is 79.6 Å². The molecule has 1 atom stereocenters. The quantitative estimate of drug-likeness (QED) is 0.233. The molecule has 0 saturated heterocycles. The normalized spacial score (nSPS) is 13.7. The summed E-state index contributed by atoms with van der Waals surface area (Å²) in [5.74, 6) is -0.427. The fourth-order valence-electron chi connectivity index (χ4n) is 6.53. The molecule has 0 saturated carbocycles. The van der Waals surface area contributed by atoms with Gasteiger partial charge in [0, 0.05) is 41.3 Å². The lowest BCUT2D eigenvalue weighted by Crippen LogP contribution is -2.01. The van der Waals surface area contributed by atoms with Crippen molar-refractivity contribution in [1.82, 2.24) is 19.9 Å². The Labute approximate surface area is 269 Å². The van der Waals surface area contributed by atoms with Crippen LogP contribution in [0.15, 0.2) is 30.3 Å². The number of hydrogen-bond acceptors (Lipinski definition) is 7. The van der Waals surface area contributed by atoms with Crippen LogP contribution in [0.3, 0.4) is 0 Å². The lowest BCUT2D eigenvalue weighted by atomic mass is 9.93. The van der Waals surface area contributed by atoms with Gasteiger partial charge in [-0.2, -0.15) is 0 Å². The molecule has 0 spiro atoms. The molecular formula is C37H42N4O5. The van der Waals surface area contributed by atoms with Crippen molar-refractivity contribution in [3.63, 3.8) is 0 Å². The molecule has 9 heteroatoms. The molecule has 5 heterocycles. The van der Waals surface area contributed by atoms with Gasteiger partial charge in [-0.25, -0.2) is 9.97 Å². The first-order valence-electron chi connectivity index (χ1n) is 15.7. The van der Waals surface area contributed by atoms with E-state index in [1.165, 1.54) is 14.2 Å². The third kappa shape index (κ3) is 6.59. The summed E-state index contributed by atoms with van der Waals surface area (Å²) in [5.41, 5.74) is 13.8. The summed E-state index contributed by atoms with van der Waals surface area (Å²) in [6.07, 6.45) is 1.80. The number of fused-ring (bicyclic) bond motifs is 8. The van der Waals surface area contributed by atoms with Gasteiger partial charge in [-0.3, -0.25) is 9.59 Å². The minimum Gasteiger partial charge on any atom is -0.469 e. The molecule has 3 aromatic heterocycles. The molecule has 0 fully saturated rings. The van der Waals surface area contributed by atoms with Crippen molar-refractivity contribution in [2.75, 3.05) is 14.2 Å².